The summed E-state index contributed by atoms with van der Waals surface area (Å²) in [5.41, 5.74) is 7.25. The molecule has 1 fully saturated rings. The second kappa shape index (κ2) is 6.98. The number of benzene rings is 1. The van der Waals surface area contributed by atoms with E-state index in [1.54, 1.807) is 0 Å². The van der Waals surface area contributed by atoms with Crippen LogP contribution < -0.4 is 5.73 Å². The van der Waals surface area contributed by atoms with Gasteiger partial charge in [0, 0.05) is 12.1 Å². The van der Waals surface area contributed by atoms with Crippen LogP contribution in [0.25, 0.3) is 0 Å². The summed E-state index contributed by atoms with van der Waals surface area (Å²) in [6.07, 6.45) is 6.19. The van der Waals surface area contributed by atoms with Crippen LogP contribution in [0, 0.1) is 0 Å². The van der Waals surface area contributed by atoms with Crippen LogP contribution in [0.2, 0.25) is 5.02 Å². The molecule has 1 aromatic rings. The summed E-state index contributed by atoms with van der Waals surface area (Å²) in [6, 6.07) is 8.41. The second-order valence-electron chi connectivity index (χ2n) is 5.59. The Bertz CT molecular complexity index is 467. The van der Waals surface area contributed by atoms with Crippen LogP contribution in [0.5, 0.6) is 0 Å². The van der Waals surface area contributed by atoms with Gasteiger partial charge in [-0.15, -0.1) is 0 Å². The van der Waals surface area contributed by atoms with Crippen LogP contribution in [0.4, 0.5) is 0 Å². The fourth-order valence-electron chi connectivity index (χ4n) is 2.71. The standard InChI is InChI=1S/C16H24ClN3/c1-12(14-10-6-7-11-15(14)17)20(2)16(18)19-13-8-4-3-5-9-13/h6-7,10-13H,3-5,8-9H2,1-2H3,(H2,18,19). The zero-order chi connectivity index (χ0) is 14.5. The SMILES string of the molecule is CC(c1ccccc1Cl)N(C)C(N)=NC1CCCCC1. The summed E-state index contributed by atoms with van der Waals surface area (Å²) >= 11 is 6.25. The molecule has 0 saturated heterocycles. The molecule has 1 atom stereocenters. The molecule has 20 heavy (non-hydrogen) atoms. The first-order valence-electron chi connectivity index (χ1n) is 7.40. The van der Waals surface area contributed by atoms with E-state index < -0.39 is 0 Å². The van der Waals surface area contributed by atoms with E-state index >= 15 is 0 Å². The van der Waals surface area contributed by atoms with Gasteiger partial charge in [-0.25, -0.2) is 4.99 Å². The Morgan fingerprint density at radius 2 is 1.95 bits per heavy atom. The molecule has 0 spiro atoms. The normalized spacial score (nSPS) is 18.9. The van der Waals surface area contributed by atoms with Gasteiger partial charge in [0.05, 0.1) is 12.1 Å². The number of aliphatic imine (C=N–C) groups is 1. The van der Waals surface area contributed by atoms with Crippen LogP contribution in [-0.2, 0) is 0 Å². The zero-order valence-corrected chi connectivity index (χ0v) is 13.1. The molecule has 0 radical (unpaired) electrons. The van der Waals surface area contributed by atoms with Gasteiger partial charge < -0.3 is 10.6 Å². The molecule has 0 aromatic heterocycles. The topological polar surface area (TPSA) is 41.6 Å². The van der Waals surface area contributed by atoms with Crippen LogP contribution in [0.15, 0.2) is 29.3 Å². The third-order valence-corrected chi connectivity index (χ3v) is 4.53. The molecule has 0 amide bonds. The Balaban J connectivity index is 2.07. The van der Waals surface area contributed by atoms with Crippen molar-refractivity contribution in [3.05, 3.63) is 34.9 Å². The van der Waals surface area contributed by atoms with Gasteiger partial charge in [0.1, 0.15) is 0 Å². The number of rotatable bonds is 3. The Morgan fingerprint density at radius 1 is 1.30 bits per heavy atom. The molecular formula is C16H24ClN3. The summed E-state index contributed by atoms with van der Waals surface area (Å²) in [7, 11) is 1.98. The summed E-state index contributed by atoms with van der Waals surface area (Å²) < 4.78 is 0. The van der Waals surface area contributed by atoms with Crippen LogP contribution >= 0.6 is 11.6 Å². The predicted octanol–water partition coefficient (Wildman–Crippen LogP) is 3.98. The van der Waals surface area contributed by atoms with Crippen LogP contribution in [0.1, 0.15) is 50.6 Å². The number of halogens is 1. The minimum absolute atomic E-state index is 0.121. The van der Waals surface area contributed by atoms with E-state index in [4.69, 9.17) is 17.3 Å². The first-order valence-corrected chi connectivity index (χ1v) is 7.78. The molecule has 1 aromatic carbocycles. The lowest BCUT2D eigenvalue weighted by molar-refractivity contribution is 0.384. The third kappa shape index (κ3) is 3.66. The van der Waals surface area contributed by atoms with E-state index in [-0.39, 0.29) is 6.04 Å². The lowest BCUT2D eigenvalue weighted by Gasteiger charge is -2.28. The van der Waals surface area contributed by atoms with Gasteiger partial charge in [0.2, 0.25) is 0 Å². The minimum Gasteiger partial charge on any atom is -0.370 e. The highest BCUT2D eigenvalue weighted by Gasteiger charge is 2.18. The highest BCUT2D eigenvalue weighted by Crippen LogP contribution is 2.26. The van der Waals surface area contributed by atoms with Crippen molar-refractivity contribution in [2.45, 2.75) is 51.1 Å². The summed E-state index contributed by atoms with van der Waals surface area (Å²) in [6.45, 7) is 2.10. The maximum absolute atomic E-state index is 6.25. The minimum atomic E-state index is 0.121. The molecule has 1 saturated carbocycles. The maximum Gasteiger partial charge on any atom is 0.191 e. The van der Waals surface area contributed by atoms with Crippen molar-refractivity contribution >= 4 is 17.6 Å². The number of guanidine groups is 1. The molecule has 4 heteroatoms. The summed E-state index contributed by atoms with van der Waals surface area (Å²) in [4.78, 5) is 6.70. The van der Waals surface area contributed by atoms with E-state index in [1.165, 1.54) is 19.3 Å². The number of nitrogens with zero attached hydrogens (tertiary/aromatic N) is 2. The lowest BCUT2D eigenvalue weighted by atomic mass is 9.96. The Kier molecular flexibility index (Phi) is 5.30. The first-order chi connectivity index (χ1) is 9.59. The second-order valence-corrected chi connectivity index (χ2v) is 5.99. The average Bonchev–Trinajstić information content (AvgIpc) is 2.47. The Labute approximate surface area is 126 Å². The molecule has 0 bridgehead atoms. The van der Waals surface area contributed by atoms with Crippen molar-refractivity contribution in [1.29, 1.82) is 0 Å². The van der Waals surface area contributed by atoms with Gasteiger partial charge in [-0.1, -0.05) is 49.1 Å². The molecule has 1 aliphatic carbocycles. The van der Waals surface area contributed by atoms with E-state index in [1.807, 2.05) is 36.2 Å². The number of nitrogens with two attached hydrogens (primary N) is 1. The fraction of sp³-hybridized carbons (Fsp3) is 0.562. The van der Waals surface area contributed by atoms with Crippen molar-refractivity contribution in [3.8, 4) is 0 Å². The quantitative estimate of drug-likeness (QED) is 0.676. The molecule has 110 valence electrons. The van der Waals surface area contributed by atoms with Crippen molar-refractivity contribution in [3.63, 3.8) is 0 Å². The number of hydrogen-bond donors (Lipinski definition) is 1. The average molecular weight is 294 g/mol. The van der Waals surface area contributed by atoms with E-state index in [2.05, 4.69) is 11.9 Å². The molecule has 1 unspecified atom stereocenters. The summed E-state index contributed by atoms with van der Waals surface area (Å²) in [5.74, 6) is 0.615. The van der Waals surface area contributed by atoms with Gasteiger partial charge in [-0.3, -0.25) is 0 Å². The highest BCUT2D eigenvalue weighted by atomic mass is 35.5. The molecule has 1 aliphatic rings. The maximum atomic E-state index is 6.25. The van der Waals surface area contributed by atoms with E-state index in [9.17, 15) is 0 Å². The van der Waals surface area contributed by atoms with Gasteiger partial charge in [-0.05, 0) is 31.4 Å². The van der Waals surface area contributed by atoms with Gasteiger partial charge >= 0.3 is 0 Å². The van der Waals surface area contributed by atoms with E-state index in [0.717, 1.165) is 23.4 Å². The Hall–Kier alpha value is -1.22. The van der Waals surface area contributed by atoms with Gasteiger partial charge in [0.25, 0.3) is 0 Å². The smallest absolute Gasteiger partial charge is 0.191 e. The molecule has 0 aliphatic heterocycles. The van der Waals surface area contributed by atoms with Gasteiger partial charge in [-0.2, -0.15) is 0 Å². The van der Waals surface area contributed by atoms with Gasteiger partial charge in [0.15, 0.2) is 5.96 Å². The lowest BCUT2D eigenvalue weighted by Crippen LogP contribution is -2.37. The Morgan fingerprint density at radius 3 is 2.60 bits per heavy atom. The molecule has 2 N–H and O–H groups in total. The largest absolute Gasteiger partial charge is 0.370 e. The molecule has 2 rings (SSSR count). The molecule has 0 heterocycles. The first kappa shape index (κ1) is 15.2. The highest BCUT2D eigenvalue weighted by molar-refractivity contribution is 6.31. The van der Waals surface area contributed by atoms with Crippen molar-refractivity contribution in [1.82, 2.24) is 4.90 Å². The molecular weight excluding hydrogens is 270 g/mol. The third-order valence-electron chi connectivity index (χ3n) is 4.19. The summed E-state index contributed by atoms with van der Waals surface area (Å²) in [5, 5.41) is 0.775. The van der Waals surface area contributed by atoms with Crippen molar-refractivity contribution in [2.75, 3.05) is 7.05 Å². The van der Waals surface area contributed by atoms with Crippen LogP contribution in [-0.4, -0.2) is 23.9 Å². The zero-order valence-electron chi connectivity index (χ0n) is 12.3. The fourth-order valence-corrected chi connectivity index (χ4v) is 3.00. The van der Waals surface area contributed by atoms with Crippen molar-refractivity contribution < 1.29 is 0 Å². The van der Waals surface area contributed by atoms with Crippen molar-refractivity contribution in [2.24, 2.45) is 10.7 Å². The molecule has 3 nitrogen and oxygen atoms in total. The van der Waals surface area contributed by atoms with E-state index in [0.29, 0.717) is 12.0 Å². The monoisotopic (exact) mass is 293 g/mol. The predicted molar refractivity (Wildman–Crippen MR) is 86.1 cm³/mol. The van der Waals surface area contributed by atoms with Crippen LogP contribution in [0.3, 0.4) is 0 Å². The number of hydrogen-bond acceptors (Lipinski definition) is 1.